The Bertz CT molecular complexity index is 649. The molecule has 1 heterocycles. The highest BCUT2D eigenvalue weighted by Crippen LogP contribution is 2.33. The van der Waals surface area contributed by atoms with E-state index in [1.807, 2.05) is 0 Å². The van der Waals surface area contributed by atoms with Gasteiger partial charge < -0.3 is 11.1 Å². The molecule has 2 aromatic rings. The summed E-state index contributed by atoms with van der Waals surface area (Å²) in [5.74, 6) is -0.0820. The number of nitrogens with zero attached hydrogens (tertiary/aromatic N) is 1. The Balaban J connectivity index is 2.37. The second-order valence-corrected chi connectivity index (χ2v) is 6.13. The van der Waals surface area contributed by atoms with Crippen molar-refractivity contribution in [3.8, 4) is 11.3 Å². The monoisotopic (exact) mass is 303 g/mol. The van der Waals surface area contributed by atoms with Crippen molar-refractivity contribution in [2.24, 2.45) is 5.73 Å². The quantitative estimate of drug-likeness (QED) is 0.890. The van der Waals surface area contributed by atoms with Crippen LogP contribution >= 0.6 is 11.3 Å². The molecule has 1 amide bonds. The van der Waals surface area contributed by atoms with Crippen LogP contribution in [0, 0.1) is 13.8 Å². The van der Waals surface area contributed by atoms with Crippen molar-refractivity contribution in [3.05, 3.63) is 34.2 Å². The second-order valence-electron chi connectivity index (χ2n) is 5.05. The number of carbonyl (C=O) groups excluding carboxylic acids is 1. The minimum absolute atomic E-state index is 0.0820. The zero-order valence-electron chi connectivity index (χ0n) is 12.7. The van der Waals surface area contributed by atoms with Gasteiger partial charge in [0.05, 0.1) is 5.69 Å². The van der Waals surface area contributed by atoms with Crippen LogP contribution in [0.2, 0.25) is 0 Å². The Labute approximate surface area is 129 Å². The fraction of sp³-hybridized carbons (Fsp3) is 0.375. The van der Waals surface area contributed by atoms with Gasteiger partial charge in [0, 0.05) is 23.4 Å². The molecule has 0 spiro atoms. The molecule has 0 saturated heterocycles. The van der Waals surface area contributed by atoms with E-state index in [0.29, 0.717) is 18.1 Å². The highest BCUT2D eigenvalue weighted by Gasteiger charge is 2.15. The van der Waals surface area contributed by atoms with Gasteiger partial charge in [0.25, 0.3) is 0 Å². The first-order valence-corrected chi connectivity index (χ1v) is 7.94. The average Bonchev–Trinajstić information content (AvgIpc) is 2.84. The molecule has 1 aromatic carbocycles. The van der Waals surface area contributed by atoms with E-state index in [2.05, 4.69) is 49.3 Å². The van der Waals surface area contributed by atoms with Gasteiger partial charge in [-0.2, -0.15) is 0 Å². The Morgan fingerprint density at radius 1 is 1.38 bits per heavy atom. The zero-order valence-corrected chi connectivity index (χ0v) is 13.5. The summed E-state index contributed by atoms with van der Waals surface area (Å²) >= 11 is 1.54. The molecule has 0 saturated carbocycles. The van der Waals surface area contributed by atoms with Crippen LogP contribution in [0.15, 0.2) is 18.2 Å². The minimum atomic E-state index is -0.0820. The van der Waals surface area contributed by atoms with Gasteiger partial charge in [-0.05, 0) is 31.9 Å². The van der Waals surface area contributed by atoms with E-state index >= 15 is 0 Å². The number of hydrogen-bond acceptors (Lipinski definition) is 4. The van der Waals surface area contributed by atoms with Gasteiger partial charge in [0.15, 0.2) is 5.13 Å². The first kappa shape index (κ1) is 15.7. The van der Waals surface area contributed by atoms with Gasteiger partial charge >= 0.3 is 0 Å². The van der Waals surface area contributed by atoms with Crippen LogP contribution in [-0.4, -0.2) is 17.4 Å². The fourth-order valence-electron chi connectivity index (χ4n) is 2.16. The summed E-state index contributed by atoms with van der Waals surface area (Å²) in [6.07, 6.45) is 1.22. The number of thiazole rings is 1. The van der Waals surface area contributed by atoms with Crippen LogP contribution in [0.3, 0.4) is 0 Å². The number of hydrogen-bond donors (Lipinski definition) is 2. The van der Waals surface area contributed by atoms with Crippen molar-refractivity contribution in [1.82, 2.24) is 4.98 Å². The number of anilines is 1. The van der Waals surface area contributed by atoms with Gasteiger partial charge in [-0.1, -0.05) is 24.6 Å². The third-order valence-electron chi connectivity index (χ3n) is 3.28. The summed E-state index contributed by atoms with van der Waals surface area (Å²) < 4.78 is 0. The highest BCUT2D eigenvalue weighted by atomic mass is 32.1. The number of carbonyl (C=O) groups is 1. The normalized spacial score (nSPS) is 10.7. The molecule has 0 aliphatic carbocycles. The number of aryl methyl sites for hydroxylation is 3. The van der Waals surface area contributed by atoms with Crippen molar-refractivity contribution in [2.45, 2.75) is 33.6 Å². The van der Waals surface area contributed by atoms with Crippen LogP contribution in [0.4, 0.5) is 5.13 Å². The van der Waals surface area contributed by atoms with Crippen molar-refractivity contribution in [2.75, 3.05) is 11.9 Å². The van der Waals surface area contributed by atoms with E-state index in [4.69, 9.17) is 5.73 Å². The summed E-state index contributed by atoms with van der Waals surface area (Å²) in [5, 5.41) is 3.48. The second kappa shape index (κ2) is 6.83. The number of amides is 1. The largest absolute Gasteiger partial charge is 0.330 e. The maximum Gasteiger partial charge on any atom is 0.227 e. The van der Waals surface area contributed by atoms with Crippen LogP contribution in [0.25, 0.3) is 11.3 Å². The lowest BCUT2D eigenvalue weighted by Gasteiger charge is -2.06. The van der Waals surface area contributed by atoms with Crippen molar-refractivity contribution in [3.63, 3.8) is 0 Å². The summed E-state index contributed by atoms with van der Waals surface area (Å²) in [5.41, 5.74) is 9.92. The predicted molar refractivity (Wildman–Crippen MR) is 88.7 cm³/mol. The average molecular weight is 303 g/mol. The molecule has 3 N–H and O–H groups in total. The SMILES string of the molecule is CCc1sc(NC(=O)CCN)nc1-c1cc(C)ccc1C. The molecule has 0 radical (unpaired) electrons. The van der Waals surface area contributed by atoms with E-state index in [0.717, 1.165) is 17.7 Å². The molecule has 21 heavy (non-hydrogen) atoms. The lowest BCUT2D eigenvalue weighted by Crippen LogP contribution is -2.15. The molecule has 0 bridgehead atoms. The predicted octanol–water partition coefficient (Wildman–Crippen LogP) is 3.28. The van der Waals surface area contributed by atoms with Gasteiger partial charge in [-0.15, -0.1) is 11.3 Å². The Kier molecular flexibility index (Phi) is 5.09. The Hall–Kier alpha value is -1.72. The smallest absolute Gasteiger partial charge is 0.227 e. The molecule has 0 atom stereocenters. The highest BCUT2D eigenvalue weighted by molar-refractivity contribution is 7.16. The van der Waals surface area contributed by atoms with Gasteiger partial charge in [-0.25, -0.2) is 4.98 Å². The van der Waals surface area contributed by atoms with Crippen molar-refractivity contribution in [1.29, 1.82) is 0 Å². The summed E-state index contributed by atoms with van der Waals surface area (Å²) in [6.45, 7) is 6.61. The van der Waals surface area contributed by atoms with Crippen molar-refractivity contribution < 1.29 is 4.79 Å². The van der Waals surface area contributed by atoms with Crippen molar-refractivity contribution >= 4 is 22.4 Å². The van der Waals surface area contributed by atoms with E-state index in [-0.39, 0.29) is 5.91 Å². The van der Waals surface area contributed by atoms with Crippen LogP contribution < -0.4 is 11.1 Å². The Morgan fingerprint density at radius 2 is 2.14 bits per heavy atom. The first-order chi connectivity index (χ1) is 10.0. The number of nitrogens with two attached hydrogens (primary N) is 1. The lowest BCUT2D eigenvalue weighted by molar-refractivity contribution is -0.116. The van der Waals surface area contributed by atoms with Crippen LogP contribution in [0.5, 0.6) is 0 Å². The maximum atomic E-state index is 11.7. The molecule has 112 valence electrons. The summed E-state index contributed by atoms with van der Waals surface area (Å²) in [4.78, 5) is 17.5. The van der Waals surface area contributed by atoms with E-state index in [1.165, 1.54) is 27.3 Å². The van der Waals surface area contributed by atoms with E-state index < -0.39 is 0 Å². The maximum absolute atomic E-state index is 11.7. The molecule has 0 aliphatic heterocycles. The molecular formula is C16H21N3OS. The molecular weight excluding hydrogens is 282 g/mol. The summed E-state index contributed by atoms with van der Waals surface area (Å²) in [6, 6.07) is 6.35. The number of aromatic nitrogens is 1. The van der Waals surface area contributed by atoms with Gasteiger partial charge in [-0.3, -0.25) is 4.79 Å². The molecule has 0 unspecified atom stereocenters. The number of nitrogens with one attached hydrogen (secondary N) is 1. The third-order valence-corrected chi connectivity index (χ3v) is 4.40. The first-order valence-electron chi connectivity index (χ1n) is 7.12. The van der Waals surface area contributed by atoms with E-state index in [1.54, 1.807) is 0 Å². The molecule has 0 aliphatic rings. The molecule has 5 heteroatoms. The van der Waals surface area contributed by atoms with Crippen LogP contribution in [0.1, 0.15) is 29.3 Å². The molecule has 2 rings (SSSR count). The lowest BCUT2D eigenvalue weighted by atomic mass is 10.0. The Morgan fingerprint density at radius 3 is 2.81 bits per heavy atom. The topological polar surface area (TPSA) is 68.0 Å². The molecule has 0 fully saturated rings. The zero-order chi connectivity index (χ0) is 15.4. The fourth-order valence-corrected chi connectivity index (χ4v) is 3.09. The number of benzene rings is 1. The van der Waals surface area contributed by atoms with Gasteiger partial charge in [0.2, 0.25) is 5.91 Å². The van der Waals surface area contributed by atoms with E-state index in [9.17, 15) is 4.79 Å². The standard InChI is InChI=1S/C16H21N3OS/c1-4-13-15(12-9-10(2)5-6-11(12)3)19-16(21-13)18-14(20)7-8-17/h5-6,9H,4,7-8,17H2,1-3H3,(H,18,19,20). The van der Waals surface area contributed by atoms with Crippen LogP contribution in [-0.2, 0) is 11.2 Å². The minimum Gasteiger partial charge on any atom is -0.330 e. The molecule has 4 nitrogen and oxygen atoms in total. The number of rotatable bonds is 5. The summed E-state index contributed by atoms with van der Waals surface area (Å²) in [7, 11) is 0. The third kappa shape index (κ3) is 3.68. The molecule has 1 aromatic heterocycles. The van der Waals surface area contributed by atoms with Gasteiger partial charge in [0.1, 0.15) is 0 Å².